The normalized spacial score (nSPS) is 9.80. The minimum Gasteiger partial charge on any atom is -0.496 e. The van der Waals surface area contributed by atoms with E-state index in [1.807, 2.05) is 19.1 Å². The third-order valence-corrected chi connectivity index (χ3v) is 2.05. The van der Waals surface area contributed by atoms with Crippen molar-refractivity contribution in [3.05, 3.63) is 23.8 Å². The van der Waals surface area contributed by atoms with Crippen LogP contribution in [0, 0.1) is 6.92 Å². The van der Waals surface area contributed by atoms with E-state index in [-0.39, 0.29) is 5.91 Å². The summed E-state index contributed by atoms with van der Waals surface area (Å²) in [5, 5.41) is 2.76. The first-order valence-corrected chi connectivity index (χ1v) is 4.82. The van der Waals surface area contributed by atoms with Crippen LogP contribution in [-0.2, 0) is 4.79 Å². The summed E-state index contributed by atoms with van der Waals surface area (Å²) in [5.74, 6) is 0.744. The van der Waals surface area contributed by atoms with E-state index in [1.165, 1.54) is 0 Å². The minimum absolute atomic E-state index is 0.0675. The van der Waals surface area contributed by atoms with Crippen LogP contribution in [0.1, 0.15) is 12.0 Å². The van der Waals surface area contributed by atoms with E-state index in [9.17, 15) is 4.79 Å². The van der Waals surface area contributed by atoms with Crippen LogP contribution in [0.25, 0.3) is 0 Å². The Balaban J connectivity index is 2.71. The van der Waals surface area contributed by atoms with E-state index in [1.54, 1.807) is 13.2 Å². The molecule has 0 aliphatic rings. The van der Waals surface area contributed by atoms with Gasteiger partial charge in [0, 0.05) is 18.7 Å². The van der Waals surface area contributed by atoms with Gasteiger partial charge >= 0.3 is 0 Å². The Labute approximate surface area is 89.4 Å². The molecule has 0 atom stereocenters. The summed E-state index contributed by atoms with van der Waals surface area (Å²) in [5.41, 5.74) is 7.04. The predicted molar refractivity (Wildman–Crippen MR) is 60.0 cm³/mol. The van der Waals surface area contributed by atoms with Crippen molar-refractivity contribution in [2.24, 2.45) is 5.73 Å². The summed E-state index contributed by atoms with van der Waals surface area (Å²) >= 11 is 0. The Morgan fingerprint density at radius 2 is 2.27 bits per heavy atom. The molecule has 0 spiro atoms. The molecule has 0 radical (unpaired) electrons. The number of benzene rings is 1. The molecule has 4 nitrogen and oxygen atoms in total. The standard InChI is InChI=1S/C11H16N2O2/c1-8-7-9(3-4-10(8)15-2)13-11(14)5-6-12/h3-4,7H,5-6,12H2,1-2H3,(H,13,14). The SMILES string of the molecule is COc1ccc(NC(=O)CCN)cc1C. The second-order valence-corrected chi connectivity index (χ2v) is 3.27. The number of ether oxygens (including phenoxy) is 1. The smallest absolute Gasteiger partial charge is 0.225 e. The number of amides is 1. The Bertz CT molecular complexity index is 350. The molecule has 1 amide bonds. The van der Waals surface area contributed by atoms with Gasteiger partial charge in [0.25, 0.3) is 0 Å². The van der Waals surface area contributed by atoms with Crippen molar-refractivity contribution in [3.63, 3.8) is 0 Å². The molecule has 15 heavy (non-hydrogen) atoms. The van der Waals surface area contributed by atoms with Crippen LogP contribution in [-0.4, -0.2) is 19.6 Å². The van der Waals surface area contributed by atoms with Gasteiger partial charge in [0.1, 0.15) is 5.75 Å². The van der Waals surface area contributed by atoms with Crippen LogP contribution < -0.4 is 15.8 Å². The molecule has 1 rings (SSSR count). The van der Waals surface area contributed by atoms with Crippen molar-refractivity contribution in [2.45, 2.75) is 13.3 Å². The molecule has 0 aliphatic heterocycles. The molecule has 4 heteroatoms. The van der Waals surface area contributed by atoms with E-state index in [2.05, 4.69) is 5.32 Å². The fourth-order valence-corrected chi connectivity index (χ4v) is 1.31. The molecule has 1 aromatic carbocycles. The minimum atomic E-state index is -0.0675. The van der Waals surface area contributed by atoms with Gasteiger partial charge in [-0.05, 0) is 30.7 Å². The molecule has 0 unspecified atom stereocenters. The van der Waals surface area contributed by atoms with Crippen molar-refractivity contribution in [1.82, 2.24) is 0 Å². The van der Waals surface area contributed by atoms with Gasteiger partial charge in [0.15, 0.2) is 0 Å². The number of methoxy groups -OCH3 is 1. The molecular formula is C11H16N2O2. The molecule has 0 saturated heterocycles. The summed E-state index contributed by atoms with van der Waals surface area (Å²) in [6.45, 7) is 2.29. The highest BCUT2D eigenvalue weighted by Gasteiger charge is 2.03. The number of aryl methyl sites for hydroxylation is 1. The number of nitrogens with one attached hydrogen (secondary N) is 1. The highest BCUT2D eigenvalue weighted by atomic mass is 16.5. The van der Waals surface area contributed by atoms with Gasteiger partial charge in [-0.2, -0.15) is 0 Å². The highest BCUT2D eigenvalue weighted by Crippen LogP contribution is 2.21. The molecule has 0 aromatic heterocycles. The number of nitrogens with two attached hydrogens (primary N) is 1. The number of rotatable bonds is 4. The van der Waals surface area contributed by atoms with Crippen molar-refractivity contribution >= 4 is 11.6 Å². The fraction of sp³-hybridized carbons (Fsp3) is 0.364. The second kappa shape index (κ2) is 5.36. The predicted octanol–water partition coefficient (Wildman–Crippen LogP) is 1.29. The van der Waals surface area contributed by atoms with Crippen LogP contribution in [0.5, 0.6) is 5.75 Å². The number of carbonyl (C=O) groups is 1. The van der Waals surface area contributed by atoms with E-state index in [4.69, 9.17) is 10.5 Å². The topological polar surface area (TPSA) is 64.3 Å². The van der Waals surface area contributed by atoms with Gasteiger partial charge in [-0.15, -0.1) is 0 Å². The zero-order valence-electron chi connectivity index (χ0n) is 9.04. The number of anilines is 1. The third kappa shape index (κ3) is 3.25. The number of carbonyl (C=O) groups excluding carboxylic acids is 1. The highest BCUT2D eigenvalue weighted by molar-refractivity contribution is 5.90. The van der Waals surface area contributed by atoms with E-state index in [0.29, 0.717) is 13.0 Å². The number of hydrogen-bond acceptors (Lipinski definition) is 3. The molecule has 0 fully saturated rings. The molecule has 0 saturated carbocycles. The van der Waals surface area contributed by atoms with Crippen molar-refractivity contribution in [1.29, 1.82) is 0 Å². The Hall–Kier alpha value is -1.55. The summed E-state index contributed by atoms with van der Waals surface area (Å²) in [6, 6.07) is 5.50. The summed E-state index contributed by atoms with van der Waals surface area (Å²) in [4.78, 5) is 11.3. The maximum atomic E-state index is 11.3. The molecule has 0 bridgehead atoms. The van der Waals surface area contributed by atoms with Crippen LogP contribution in [0.4, 0.5) is 5.69 Å². The summed E-state index contributed by atoms with van der Waals surface area (Å²) in [6.07, 6.45) is 0.338. The monoisotopic (exact) mass is 208 g/mol. The van der Waals surface area contributed by atoms with Crippen LogP contribution in [0.3, 0.4) is 0 Å². The third-order valence-electron chi connectivity index (χ3n) is 2.05. The van der Waals surface area contributed by atoms with Gasteiger partial charge in [-0.3, -0.25) is 4.79 Å². The zero-order chi connectivity index (χ0) is 11.3. The maximum Gasteiger partial charge on any atom is 0.225 e. The lowest BCUT2D eigenvalue weighted by atomic mass is 10.2. The Morgan fingerprint density at radius 1 is 1.53 bits per heavy atom. The van der Waals surface area contributed by atoms with Crippen LogP contribution in [0.2, 0.25) is 0 Å². The molecule has 1 aromatic rings. The van der Waals surface area contributed by atoms with Crippen LogP contribution in [0.15, 0.2) is 18.2 Å². The molecular weight excluding hydrogens is 192 g/mol. The lowest BCUT2D eigenvalue weighted by Gasteiger charge is -2.08. The van der Waals surface area contributed by atoms with E-state index in [0.717, 1.165) is 17.0 Å². The first kappa shape index (κ1) is 11.5. The van der Waals surface area contributed by atoms with Gasteiger partial charge in [-0.1, -0.05) is 0 Å². The summed E-state index contributed by atoms with van der Waals surface area (Å²) in [7, 11) is 1.62. The van der Waals surface area contributed by atoms with Crippen LogP contribution >= 0.6 is 0 Å². The van der Waals surface area contributed by atoms with Crippen molar-refractivity contribution in [2.75, 3.05) is 19.0 Å². The second-order valence-electron chi connectivity index (χ2n) is 3.27. The van der Waals surface area contributed by atoms with Crippen molar-refractivity contribution < 1.29 is 9.53 Å². The zero-order valence-corrected chi connectivity index (χ0v) is 9.04. The maximum absolute atomic E-state index is 11.3. The van der Waals surface area contributed by atoms with E-state index >= 15 is 0 Å². The first-order valence-electron chi connectivity index (χ1n) is 4.82. The average Bonchev–Trinajstić information content (AvgIpc) is 2.18. The number of hydrogen-bond donors (Lipinski definition) is 2. The fourth-order valence-electron chi connectivity index (χ4n) is 1.31. The molecule has 0 heterocycles. The van der Waals surface area contributed by atoms with Gasteiger partial charge in [-0.25, -0.2) is 0 Å². The largest absolute Gasteiger partial charge is 0.496 e. The first-order chi connectivity index (χ1) is 7.17. The average molecular weight is 208 g/mol. The quantitative estimate of drug-likeness (QED) is 0.783. The Kier molecular flexibility index (Phi) is 4.12. The Morgan fingerprint density at radius 3 is 2.80 bits per heavy atom. The lowest BCUT2D eigenvalue weighted by molar-refractivity contribution is -0.116. The summed E-state index contributed by atoms with van der Waals surface area (Å²) < 4.78 is 5.12. The van der Waals surface area contributed by atoms with E-state index < -0.39 is 0 Å². The molecule has 82 valence electrons. The van der Waals surface area contributed by atoms with Gasteiger partial charge in [0.05, 0.1) is 7.11 Å². The lowest BCUT2D eigenvalue weighted by Crippen LogP contribution is -2.16. The van der Waals surface area contributed by atoms with Gasteiger partial charge < -0.3 is 15.8 Å². The van der Waals surface area contributed by atoms with Crippen molar-refractivity contribution in [3.8, 4) is 5.75 Å². The molecule has 3 N–H and O–H groups in total. The van der Waals surface area contributed by atoms with Gasteiger partial charge in [0.2, 0.25) is 5.91 Å². The molecule has 0 aliphatic carbocycles.